The summed E-state index contributed by atoms with van der Waals surface area (Å²) < 4.78 is 0. The summed E-state index contributed by atoms with van der Waals surface area (Å²) in [5.74, 6) is 0.690. The van der Waals surface area contributed by atoms with E-state index in [1.54, 1.807) is 12.3 Å². The van der Waals surface area contributed by atoms with Gasteiger partial charge in [-0.1, -0.05) is 30.3 Å². The van der Waals surface area contributed by atoms with Crippen molar-refractivity contribution in [1.29, 1.82) is 5.26 Å². The molecule has 1 aromatic carbocycles. The number of aryl methyl sites for hydroxylation is 1. The zero-order valence-electron chi connectivity index (χ0n) is 11.6. The molecular weight excluding hydrogens is 248 g/mol. The van der Waals surface area contributed by atoms with E-state index in [4.69, 9.17) is 11.0 Å². The molecule has 0 aliphatic carbocycles. The molecule has 0 aliphatic rings. The SMILES string of the molecule is CN(CCCc1ccccc1)c1ncc(N)cc1C#N. The van der Waals surface area contributed by atoms with Gasteiger partial charge in [0.25, 0.3) is 0 Å². The van der Waals surface area contributed by atoms with E-state index < -0.39 is 0 Å². The zero-order valence-corrected chi connectivity index (χ0v) is 11.6. The Hall–Kier alpha value is -2.54. The van der Waals surface area contributed by atoms with Gasteiger partial charge < -0.3 is 10.6 Å². The topological polar surface area (TPSA) is 65.9 Å². The van der Waals surface area contributed by atoms with Gasteiger partial charge in [0.2, 0.25) is 0 Å². The summed E-state index contributed by atoms with van der Waals surface area (Å²) in [6.45, 7) is 0.848. The maximum absolute atomic E-state index is 9.12. The van der Waals surface area contributed by atoms with Gasteiger partial charge in [0.1, 0.15) is 11.9 Å². The fourth-order valence-corrected chi connectivity index (χ4v) is 2.13. The third kappa shape index (κ3) is 3.48. The predicted molar refractivity (Wildman–Crippen MR) is 81.4 cm³/mol. The molecule has 0 saturated carbocycles. The first-order chi connectivity index (χ1) is 9.70. The number of hydrogen-bond acceptors (Lipinski definition) is 4. The minimum atomic E-state index is 0.517. The number of hydrogen-bond donors (Lipinski definition) is 1. The molecule has 4 heteroatoms. The summed E-state index contributed by atoms with van der Waals surface area (Å²) >= 11 is 0. The Labute approximate surface area is 119 Å². The number of aromatic nitrogens is 1. The minimum Gasteiger partial charge on any atom is -0.397 e. The Morgan fingerprint density at radius 1 is 1.30 bits per heavy atom. The van der Waals surface area contributed by atoms with Gasteiger partial charge in [-0.2, -0.15) is 5.26 Å². The molecule has 2 rings (SSSR count). The average molecular weight is 266 g/mol. The highest BCUT2D eigenvalue weighted by atomic mass is 15.2. The lowest BCUT2D eigenvalue weighted by atomic mass is 10.1. The summed E-state index contributed by atoms with van der Waals surface area (Å²) in [5.41, 5.74) is 8.01. The Balaban J connectivity index is 1.95. The minimum absolute atomic E-state index is 0.517. The van der Waals surface area contributed by atoms with Gasteiger partial charge in [-0.05, 0) is 24.5 Å². The molecule has 0 aliphatic heterocycles. The molecule has 2 N–H and O–H groups in total. The zero-order chi connectivity index (χ0) is 14.4. The van der Waals surface area contributed by atoms with Crippen molar-refractivity contribution >= 4 is 11.5 Å². The van der Waals surface area contributed by atoms with E-state index in [1.807, 2.05) is 30.1 Å². The Kier molecular flexibility index (Phi) is 4.56. The molecule has 0 saturated heterocycles. The van der Waals surface area contributed by atoms with Gasteiger partial charge in [0, 0.05) is 13.6 Å². The Morgan fingerprint density at radius 2 is 2.05 bits per heavy atom. The monoisotopic (exact) mass is 266 g/mol. The Morgan fingerprint density at radius 3 is 2.75 bits per heavy atom. The van der Waals surface area contributed by atoms with Crippen LogP contribution in [0, 0.1) is 11.3 Å². The number of nitriles is 1. The van der Waals surface area contributed by atoms with E-state index in [-0.39, 0.29) is 0 Å². The lowest BCUT2D eigenvalue weighted by Gasteiger charge is -2.19. The molecule has 4 nitrogen and oxygen atoms in total. The molecule has 1 aromatic heterocycles. The maximum Gasteiger partial charge on any atom is 0.146 e. The van der Waals surface area contributed by atoms with Gasteiger partial charge in [0.15, 0.2) is 0 Å². The predicted octanol–water partition coefficient (Wildman–Crippen LogP) is 2.60. The maximum atomic E-state index is 9.12. The summed E-state index contributed by atoms with van der Waals surface area (Å²) in [5, 5.41) is 9.12. The number of nitrogens with two attached hydrogens (primary N) is 1. The van der Waals surface area contributed by atoms with Crippen molar-refractivity contribution in [2.45, 2.75) is 12.8 Å². The highest BCUT2D eigenvalue weighted by Gasteiger charge is 2.09. The van der Waals surface area contributed by atoms with E-state index in [0.29, 0.717) is 17.1 Å². The smallest absolute Gasteiger partial charge is 0.146 e. The highest BCUT2D eigenvalue weighted by Crippen LogP contribution is 2.18. The fourth-order valence-electron chi connectivity index (χ4n) is 2.13. The first-order valence-corrected chi connectivity index (χ1v) is 6.61. The van der Waals surface area contributed by atoms with Crippen molar-refractivity contribution in [3.63, 3.8) is 0 Å². The fraction of sp³-hybridized carbons (Fsp3) is 0.250. The first-order valence-electron chi connectivity index (χ1n) is 6.61. The number of anilines is 2. The van der Waals surface area contributed by atoms with Gasteiger partial charge in [-0.15, -0.1) is 0 Å². The second kappa shape index (κ2) is 6.58. The molecule has 0 spiro atoms. The molecule has 0 amide bonds. The van der Waals surface area contributed by atoms with Crippen LogP contribution >= 0.6 is 0 Å². The molecule has 0 fully saturated rings. The van der Waals surface area contributed by atoms with E-state index in [2.05, 4.69) is 23.2 Å². The van der Waals surface area contributed by atoms with E-state index in [9.17, 15) is 0 Å². The molecule has 2 aromatic rings. The average Bonchev–Trinajstić information content (AvgIpc) is 2.48. The Bertz CT molecular complexity index is 602. The van der Waals surface area contributed by atoms with Crippen LogP contribution in [-0.4, -0.2) is 18.6 Å². The van der Waals surface area contributed by atoms with Crippen molar-refractivity contribution in [3.8, 4) is 6.07 Å². The second-order valence-corrected chi connectivity index (χ2v) is 4.76. The van der Waals surface area contributed by atoms with E-state index in [1.165, 1.54) is 5.56 Å². The molecular formula is C16H18N4. The number of pyridine rings is 1. The van der Waals surface area contributed by atoms with Crippen LogP contribution in [0.5, 0.6) is 0 Å². The number of nitrogens with zero attached hydrogens (tertiary/aromatic N) is 3. The van der Waals surface area contributed by atoms with Crippen LogP contribution in [0.4, 0.5) is 11.5 Å². The largest absolute Gasteiger partial charge is 0.397 e. The third-order valence-electron chi connectivity index (χ3n) is 3.17. The second-order valence-electron chi connectivity index (χ2n) is 4.76. The standard InChI is InChI=1S/C16H18N4/c1-20(9-5-8-13-6-3-2-4-7-13)16-14(11-17)10-15(18)12-19-16/h2-4,6-7,10,12H,5,8-9,18H2,1H3. The molecule has 20 heavy (non-hydrogen) atoms. The number of rotatable bonds is 5. The van der Waals surface area contributed by atoms with E-state index in [0.717, 1.165) is 19.4 Å². The van der Waals surface area contributed by atoms with Crippen LogP contribution in [0.3, 0.4) is 0 Å². The van der Waals surface area contributed by atoms with Crippen LogP contribution < -0.4 is 10.6 Å². The van der Waals surface area contributed by atoms with Crippen molar-refractivity contribution in [2.75, 3.05) is 24.2 Å². The number of nitrogen functional groups attached to an aromatic ring is 1. The van der Waals surface area contributed by atoms with Crippen LogP contribution in [0.2, 0.25) is 0 Å². The molecule has 0 radical (unpaired) electrons. The molecule has 1 heterocycles. The summed E-state index contributed by atoms with van der Waals surface area (Å²) in [6.07, 6.45) is 3.61. The van der Waals surface area contributed by atoms with Gasteiger partial charge >= 0.3 is 0 Å². The lowest BCUT2D eigenvalue weighted by Crippen LogP contribution is -2.21. The third-order valence-corrected chi connectivity index (χ3v) is 3.17. The van der Waals surface area contributed by atoms with Crippen molar-refractivity contribution < 1.29 is 0 Å². The van der Waals surface area contributed by atoms with Crippen LogP contribution in [0.15, 0.2) is 42.6 Å². The van der Waals surface area contributed by atoms with Gasteiger partial charge in [-0.3, -0.25) is 0 Å². The van der Waals surface area contributed by atoms with Gasteiger partial charge in [-0.25, -0.2) is 4.98 Å². The first kappa shape index (κ1) is 13.9. The van der Waals surface area contributed by atoms with Crippen LogP contribution in [-0.2, 0) is 6.42 Å². The molecule has 102 valence electrons. The number of benzene rings is 1. The molecule has 0 bridgehead atoms. The van der Waals surface area contributed by atoms with Crippen molar-refractivity contribution in [3.05, 3.63) is 53.7 Å². The summed E-state index contributed by atoms with van der Waals surface area (Å²) in [6, 6.07) is 14.2. The lowest BCUT2D eigenvalue weighted by molar-refractivity contribution is 0.776. The normalized spacial score (nSPS) is 10.0. The van der Waals surface area contributed by atoms with Gasteiger partial charge in [0.05, 0.1) is 17.4 Å². The quantitative estimate of drug-likeness (QED) is 0.903. The highest BCUT2D eigenvalue weighted by molar-refractivity contribution is 5.58. The molecule has 0 unspecified atom stereocenters. The van der Waals surface area contributed by atoms with Crippen LogP contribution in [0.1, 0.15) is 17.5 Å². The van der Waals surface area contributed by atoms with Crippen molar-refractivity contribution in [1.82, 2.24) is 4.98 Å². The summed E-state index contributed by atoms with van der Waals surface area (Å²) in [4.78, 5) is 6.25. The summed E-state index contributed by atoms with van der Waals surface area (Å²) in [7, 11) is 1.95. The van der Waals surface area contributed by atoms with E-state index >= 15 is 0 Å². The van der Waals surface area contributed by atoms with Crippen LogP contribution in [0.25, 0.3) is 0 Å². The van der Waals surface area contributed by atoms with Crippen molar-refractivity contribution in [2.24, 2.45) is 0 Å². The molecule has 0 atom stereocenters.